The van der Waals surface area contributed by atoms with Gasteiger partial charge in [-0.3, -0.25) is 0 Å². The fraction of sp³-hybridized carbons (Fsp3) is 0.294. The third-order valence-corrected chi connectivity index (χ3v) is 3.40. The average molecular weight is 287 g/mol. The molecule has 0 aromatic heterocycles. The summed E-state index contributed by atoms with van der Waals surface area (Å²) < 4.78 is 16.1. The van der Waals surface area contributed by atoms with Crippen LogP contribution in [0.4, 0.5) is 5.69 Å². The molecule has 0 amide bonds. The number of nitrogens with one attached hydrogen (secondary N) is 1. The summed E-state index contributed by atoms with van der Waals surface area (Å²) >= 11 is 0. The zero-order valence-electron chi connectivity index (χ0n) is 12.9. The van der Waals surface area contributed by atoms with Gasteiger partial charge in [-0.2, -0.15) is 0 Å². The SMILES string of the molecule is COc1cc(OC)c(OC)cc1CNc1ccccc1C. The van der Waals surface area contributed by atoms with Crippen molar-refractivity contribution in [2.24, 2.45) is 0 Å². The topological polar surface area (TPSA) is 39.7 Å². The van der Waals surface area contributed by atoms with Crippen LogP contribution in [-0.4, -0.2) is 21.3 Å². The predicted molar refractivity (Wildman–Crippen MR) is 84.6 cm³/mol. The van der Waals surface area contributed by atoms with Crippen LogP contribution in [0.2, 0.25) is 0 Å². The first kappa shape index (κ1) is 15.0. The third-order valence-electron chi connectivity index (χ3n) is 3.40. The standard InChI is InChI=1S/C17H21NO3/c1-12-7-5-6-8-14(12)18-11-13-9-16(20-3)17(21-4)10-15(13)19-2/h5-10,18H,11H2,1-4H3. The van der Waals surface area contributed by atoms with Gasteiger partial charge in [-0.15, -0.1) is 0 Å². The van der Waals surface area contributed by atoms with Gasteiger partial charge in [-0.1, -0.05) is 18.2 Å². The predicted octanol–water partition coefficient (Wildman–Crippen LogP) is 3.63. The molecule has 2 aromatic carbocycles. The number of hydrogen-bond acceptors (Lipinski definition) is 4. The van der Waals surface area contributed by atoms with Gasteiger partial charge in [0.15, 0.2) is 11.5 Å². The number of anilines is 1. The average Bonchev–Trinajstić information content (AvgIpc) is 2.53. The quantitative estimate of drug-likeness (QED) is 0.880. The Morgan fingerprint density at radius 2 is 1.48 bits per heavy atom. The molecule has 2 rings (SSSR count). The van der Waals surface area contributed by atoms with E-state index < -0.39 is 0 Å². The van der Waals surface area contributed by atoms with Gasteiger partial charge in [-0.25, -0.2) is 0 Å². The second-order valence-corrected chi connectivity index (χ2v) is 4.69. The lowest BCUT2D eigenvalue weighted by molar-refractivity contribution is 0.347. The van der Waals surface area contributed by atoms with Crippen molar-refractivity contribution in [2.75, 3.05) is 26.6 Å². The van der Waals surface area contributed by atoms with Crippen LogP contribution in [0, 0.1) is 6.92 Å². The summed E-state index contributed by atoms with van der Waals surface area (Å²) in [6.07, 6.45) is 0. The van der Waals surface area contributed by atoms with Crippen molar-refractivity contribution in [3.05, 3.63) is 47.5 Å². The Bertz CT molecular complexity index is 611. The molecule has 0 heterocycles. The Labute approximate surface area is 125 Å². The van der Waals surface area contributed by atoms with Crippen molar-refractivity contribution < 1.29 is 14.2 Å². The van der Waals surface area contributed by atoms with Gasteiger partial charge in [0.25, 0.3) is 0 Å². The lowest BCUT2D eigenvalue weighted by Crippen LogP contribution is -2.04. The summed E-state index contributed by atoms with van der Waals surface area (Å²) in [6, 6.07) is 12.0. The van der Waals surface area contributed by atoms with Crippen molar-refractivity contribution in [3.63, 3.8) is 0 Å². The minimum Gasteiger partial charge on any atom is -0.496 e. The maximum absolute atomic E-state index is 5.43. The number of methoxy groups -OCH3 is 3. The van der Waals surface area contributed by atoms with Crippen LogP contribution in [-0.2, 0) is 6.54 Å². The number of ether oxygens (including phenoxy) is 3. The molecule has 112 valence electrons. The van der Waals surface area contributed by atoms with E-state index in [4.69, 9.17) is 14.2 Å². The van der Waals surface area contributed by atoms with E-state index in [1.165, 1.54) is 5.56 Å². The summed E-state index contributed by atoms with van der Waals surface area (Å²) in [5.41, 5.74) is 3.32. The first-order valence-corrected chi connectivity index (χ1v) is 6.78. The van der Waals surface area contributed by atoms with E-state index in [0.29, 0.717) is 18.0 Å². The highest BCUT2D eigenvalue weighted by Gasteiger charge is 2.11. The maximum atomic E-state index is 5.43. The normalized spacial score (nSPS) is 10.1. The second kappa shape index (κ2) is 6.88. The Balaban J connectivity index is 2.25. The molecule has 0 aliphatic heterocycles. The van der Waals surface area contributed by atoms with Gasteiger partial charge in [0.05, 0.1) is 21.3 Å². The molecule has 2 aromatic rings. The van der Waals surface area contributed by atoms with E-state index >= 15 is 0 Å². The fourth-order valence-corrected chi connectivity index (χ4v) is 2.19. The Kier molecular flexibility index (Phi) is 4.93. The molecule has 0 unspecified atom stereocenters. The molecular weight excluding hydrogens is 266 g/mol. The van der Waals surface area contributed by atoms with E-state index in [1.54, 1.807) is 21.3 Å². The molecular formula is C17H21NO3. The zero-order chi connectivity index (χ0) is 15.2. The highest BCUT2D eigenvalue weighted by molar-refractivity contribution is 5.54. The van der Waals surface area contributed by atoms with Gasteiger partial charge in [0, 0.05) is 23.9 Å². The summed E-state index contributed by atoms with van der Waals surface area (Å²) in [5.74, 6) is 2.13. The maximum Gasteiger partial charge on any atom is 0.164 e. The molecule has 21 heavy (non-hydrogen) atoms. The summed E-state index contributed by atoms with van der Waals surface area (Å²) in [5, 5.41) is 3.42. The van der Waals surface area contributed by atoms with Crippen LogP contribution in [0.3, 0.4) is 0 Å². The molecule has 0 saturated carbocycles. The molecule has 0 atom stereocenters. The lowest BCUT2D eigenvalue weighted by Gasteiger charge is -2.15. The first-order chi connectivity index (χ1) is 10.2. The van der Waals surface area contributed by atoms with Gasteiger partial charge >= 0.3 is 0 Å². The van der Waals surface area contributed by atoms with Crippen molar-refractivity contribution in [1.82, 2.24) is 0 Å². The first-order valence-electron chi connectivity index (χ1n) is 6.78. The van der Waals surface area contributed by atoms with Crippen molar-refractivity contribution in [3.8, 4) is 17.2 Å². The smallest absolute Gasteiger partial charge is 0.164 e. The lowest BCUT2D eigenvalue weighted by atomic mass is 10.1. The second-order valence-electron chi connectivity index (χ2n) is 4.69. The summed E-state index contributed by atoms with van der Waals surface area (Å²) in [4.78, 5) is 0. The van der Waals surface area contributed by atoms with Gasteiger partial charge in [0.2, 0.25) is 0 Å². The van der Waals surface area contributed by atoms with Crippen molar-refractivity contribution >= 4 is 5.69 Å². The minimum atomic E-state index is 0.647. The van der Waals surface area contributed by atoms with Crippen LogP contribution in [0.25, 0.3) is 0 Å². The molecule has 0 saturated heterocycles. The highest BCUT2D eigenvalue weighted by atomic mass is 16.5. The van der Waals surface area contributed by atoms with Crippen molar-refractivity contribution in [1.29, 1.82) is 0 Å². The molecule has 0 fully saturated rings. The monoisotopic (exact) mass is 287 g/mol. The van der Waals surface area contributed by atoms with Crippen LogP contribution >= 0.6 is 0 Å². The molecule has 0 aliphatic rings. The zero-order valence-corrected chi connectivity index (χ0v) is 12.9. The highest BCUT2D eigenvalue weighted by Crippen LogP contribution is 2.35. The number of rotatable bonds is 6. The van der Waals surface area contributed by atoms with Crippen LogP contribution in [0.15, 0.2) is 36.4 Å². The van der Waals surface area contributed by atoms with Gasteiger partial charge in [0.1, 0.15) is 5.75 Å². The third kappa shape index (κ3) is 3.40. The molecule has 4 heteroatoms. The number of aryl methyl sites for hydroxylation is 1. The van der Waals surface area contributed by atoms with Crippen LogP contribution in [0.1, 0.15) is 11.1 Å². The Morgan fingerprint density at radius 1 is 0.857 bits per heavy atom. The molecule has 4 nitrogen and oxygen atoms in total. The molecule has 0 radical (unpaired) electrons. The molecule has 0 aliphatic carbocycles. The summed E-state index contributed by atoms with van der Waals surface area (Å²) in [7, 11) is 4.89. The van der Waals surface area contributed by atoms with Gasteiger partial charge in [-0.05, 0) is 24.6 Å². The van der Waals surface area contributed by atoms with E-state index in [9.17, 15) is 0 Å². The van der Waals surface area contributed by atoms with Crippen LogP contribution < -0.4 is 19.5 Å². The van der Waals surface area contributed by atoms with E-state index in [2.05, 4.69) is 24.4 Å². The fourth-order valence-electron chi connectivity index (χ4n) is 2.19. The van der Waals surface area contributed by atoms with Crippen molar-refractivity contribution in [2.45, 2.75) is 13.5 Å². The Hall–Kier alpha value is -2.36. The number of para-hydroxylation sites is 1. The number of benzene rings is 2. The van der Waals surface area contributed by atoms with E-state index in [1.807, 2.05) is 24.3 Å². The minimum absolute atomic E-state index is 0.647. The molecule has 1 N–H and O–H groups in total. The van der Waals surface area contributed by atoms with Crippen LogP contribution in [0.5, 0.6) is 17.2 Å². The van der Waals surface area contributed by atoms with E-state index in [0.717, 1.165) is 17.0 Å². The molecule has 0 spiro atoms. The van der Waals surface area contributed by atoms with Gasteiger partial charge < -0.3 is 19.5 Å². The summed E-state index contributed by atoms with van der Waals surface area (Å²) in [6.45, 7) is 2.72. The Morgan fingerprint density at radius 3 is 2.10 bits per heavy atom. The van der Waals surface area contributed by atoms with E-state index in [-0.39, 0.29) is 0 Å². The molecule has 0 bridgehead atoms. The number of hydrogen-bond donors (Lipinski definition) is 1. The largest absolute Gasteiger partial charge is 0.496 e.